The van der Waals surface area contributed by atoms with Crippen LogP contribution in [-0.4, -0.2) is 66.7 Å². The van der Waals surface area contributed by atoms with Crippen LogP contribution < -0.4 is 15.0 Å². The predicted octanol–water partition coefficient (Wildman–Crippen LogP) is 1.23. The summed E-state index contributed by atoms with van der Waals surface area (Å²) in [5.41, 5.74) is 0. The number of rotatable bonds is 6. The van der Waals surface area contributed by atoms with Crippen LogP contribution in [-0.2, 0) is 0 Å². The zero-order valence-corrected chi connectivity index (χ0v) is 13.5. The molecule has 21 heavy (non-hydrogen) atoms. The van der Waals surface area contributed by atoms with E-state index in [1.807, 2.05) is 7.05 Å². The van der Waals surface area contributed by atoms with Crippen molar-refractivity contribution in [2.24, 2.45) is 0 Å². The minimum atomic E-state index is 0.360. The molecule has 2 heterocycles. The molecule has 0 aliphatic carbocycles. The molecule has 0 saturated carbocycles. The van der Waals surface area contributed by atoms with Gasteiger partial charge in [-0.3, -0.25) is 0 Å². The van der Waals surface area contributed by atoms with E-state index in [9.17, 15) is 0 Å². The molecule has 1 aromatic heterocycles. The topological polar surface area (TPSA) is 66.4 Å². The first-order valence-electron chi connectivity index (χ1n) is 7.59. The largest absolute Gasteiger partial charge is 0.467 e. The summed E-state index contributed by atoms with van der Waals surface area (Å²) in [6.45, 7) is 5.16. The second kappa shape index (κ2) is 7.40. The van der Waals surface area contributed by atoms with Crippen LogP contribution in [0.15, 0.2) is 0 Å². The minimum Gasteiger partial charge on any atom is -0.467 e. The van der Waals surface area contributed by atoms with Gasteiger partial charge < -0.3 is 19.9 Å². The molecule has 118 valence electrons. The number of ether oxygens (including phenoxy) is 1. The van der Waals surface area contributed by atoms with E-state index in [-0.39, 0.29) is 0 Å². The maximum absolute atomic E-state index is 5.19. The third-order valence-corrected chi connectivity index (χ3v) is 3.87. The average molecular weight is 294 g/mol. The lowest BCUT2D eigenvalue weighted by molar-refractivity contribution is 0.251. The molecule has 1 aliphatic heterocycles. The van der Waals surface area contributed by atoms with Gasteiger partial charge in [-0.05, 0) is 39.4 Å². The van der Waals surface area contributed by atoms with Crippen molar-refractivity contribution in [3.8, 4) is 6.01 Å². The molecule has 1 N–H and O–H groups in total. The van der Waals surface area contributed by atoms with Crippen LogP contribution in [0.3, 0.4) is 0 Å². The molecule has 0 bridgehead atoms. The molecule has 0 spiro atoms. The first-order valence-corrected chi connectivity index (χ1v) is 7.59. The van der Waals surface area contributed by atoms with Gasteiger partial charge in [0.15, 0.2) is 0 Å². The van der Waals surface area contributed by atoms with Crippen molar-refractivity contribution in [1.82, 2.24) is 19.9 Å². The Labute approximate surface area is 126 Å². The van der Waals surface area contributed by atoms with Crippen molar-refractivity contribution in [2.45, 2.75) is 32.2 Å². The molecule has 1 fully saturated rings. The molecule has 0 aromatic carbocycles. The molecule has 1 aliphatic rings. The van der Waals surface area contributed by atoms with Gasteiger partial charge in [0, 0.05) is 19.6 Å². The maximum atomic E-state index is 5.19. The van der Waals surface area contributed by atoms with E-state index in [1.54, 1.807) is 7.11 Å². The average Bonchev–Trinajstić information content (AvgIpc) is 2.52. The van der Waals surface area contributed by atoms with Gasteiger partial charge in [0.25, 0.3) is 0 Å². The van der Waals surface area contributed by atoms with Crippen molar-refractivity contribution in [3.63, 3.8) is 0 Å². The number of likely N-dealkylation sites (tertiary alicyclic amines) is 1. The number of anilines is 2. The lowest BCUT2D eigenvalue weighted by atomic mass is 10.0. The van der Waals surface area contributed by atoms with Crippen LogP contribution in [0, 0.1) is 0 Å². The molecular formula is C14H26N6O. The summed E-state index contributed by atoms with van der Waals surface area (Å²) in [7, 11) is 5.79. The van der Waals surface area contributed by atoms with Crippen molar-refractivity contribution in [1.29, 1.82) is 0 Å². The Hall–Kier alpha value is -1.63. The van der Waals surface area contributed by atoms with Crippen molar-refractivity contribution in [3.05, 3.63) is 0 Å². The summed E-state index contributed by atoms with van der Waals surface area (Å²) in [4.78, 5) is 17.6. The highest BCUT2D eigenvalue weighted by Gasteiger charge is 2.23. The van der Waals surface area contributed by atoms with Gasteiger partial charge in [-0.15, -0.1) is 0 Å². The zero-order chi connectivity index (χ0) is 15.2. The van der Waals surface area contributed by atoms with Crippen molar-refractivity contribution < 1.29 is 4.74 Å². The number of nitrogens with zero attached hydrogens (tertiary/aromatic N) is 5. The van der Waals surface area contributed by atoms with E-state index in [0.717, 1.165) is 38.9 Å². The normalized spacial score (nSPS) is 16.8. The second-order valence-corrected chi connectivity index (χ2v) is 5.52. The molecule has 0 radical (unpaired) electrons. The van der Waals surface area contributed by atoms with Crippen LogP contribution in [0.4, 0.5) is 11.9 Å². The monoisotopic (exact) mass is 294 g/mol. The van der Waals surface area contributed by atoms with E-state index >= 15 is 0 Å². The smallest absolute Gasteiger partial charge is 0.322 e. The van der Waals surface area contributed by atoms with Crippen molar-refractivity contribution in [2.75, 3.05) is 51.1 Å². The Kier molecular flexibility index (Phi) is 5.55. The van der Waals surface area contributed by atoms with E-state index < -0.39 is 0 Å². The molecule has 2 rings (SSSR count). The van der Waals surface area contributed by atoms with Crippen molar-refractivity contribution >= 4 is 11.9 Å². The van der Waals surface area contributed by atoms with Gasteiger partial charge in [0.05, 0.1) is 7.11 Å². The standard InChI is InChI=1S/C14H26N6O/c1-5-8-15-12-16-13(18-14(17-12)21-4)20(3)11-6-9-19(2)10-7-11/h11H,5-10H2,1-4H3,(H,15,16,17,18). The van der Waals surface area contributed by atoms with Crippen LogP contribution in [0.2, 0.25) is 0 Å². The molecule has 7 heteroatoms. The summed E-state index contributed by atoms with van der Waals surface area (Å²) >= 11 is 0. The molecule has 7 nitrogen and oxygen atoms in total. The highest BCUT2D eigenvalue weighted by atomic mass is 16.5. The van der Waals surface area contributed by atoms with Gasteiger partial charge in [-0.2, -0.15) is 15.0 Å². The number of hydrogen-bond acceptors (Lipinski definition) is 7. The Balaban J connectivity index is 2.13. The lowest BCUT2D eigenvalue weighted by Crippen LogP contribution is -2.42. The van der Waals surface area contributed by atoms with E-state index in [0.29, 0.717) is 23.9 Å². The maximum Gasteiger partial charge on any atom is 0.322 e. The fourth-order valence-electron chi connectivity index (χ4n) is 2.46. The summed E-state index contributed by atoms with van der Waals surface area (Å²) in [5.74, 6) is 1.26. The number of piperidine rings is 1. The summed E-state index contributed by atoms with van der Waals surface area (Å²) in [5, 5.41) is 3.20. The molecule has 0 atom stereocenters. The van der Waals surface area contributed by atoms with Gasteiger partial charge in [0.1, 0.15) is 0 Å². The highest BCUT2D eigenvalue weighted by Crippen LogP contribution is 2.21. The Morgan fingerprint density at radius 2 is 2.00 bits per heavy atom. The fourth-order valence-corrected chi connectivity index (χ4v) is 2.46. The Morgan fingerprint density at radius 1 is 1.29 bits per heavy atom. The first kappa shape index (κ1) is 15.8. The SMILES string of the molecule is CCCNc1nc(OC)nc(N(C)C2CCN(C)CC2)n1. The van der Waals surface area contributed by atoms with Gasteiger partial charge in [-0.1, -0.05) is 6.92 Å². The third kappa shape index (κ3) is 4.17. The molecule has 0 amide bonds. The number of aromatic nitrogens is 3. The Bertz CT molecular complexity index is 447. The highest BCUT2D eigenvalue weighted by molar-refractivity contribution is 5.38. The van der Waals surface area contributed by atoms with Crippen LogP contribution >= 0.6 is 0 Å². The summed E-state index contributed by atoms with van der Waals surface area (Å²) in [6.07, 6.45) is 3.27. The van der Waals surface area contributed by atoms with Crippen LogP contribution in [0.5, 0.6) is 6.01 Å². The summed E-state index contributed by atoms with van der Waals surface area (Å²) < 4.78 is 5.19. The van der Waals surface area contributed by atoms with E-state index in [1.165, 1.54) is 0 Å². The number of hydrogen-bond donors (Lipinski definition) is 1. The minimum absolute atomic E-state index is 0.360. The number of methoxy groups -OCH3 is 1. The summed E-state index contributed by atoms with van der Waals surface area (Å²) in [6, 6.07) is 0.825. The molecular weight excluding hydrogens is 268 g/mol. The number of nitrogens with one attached hydrogen (secondary N) is 1. The first-order chi connectivity index (χ1) is 10.1. The van der Waals surface area contributed by atoms with Gasteiger partial charge >= 0.3 is 6.01 Å². The van der Waals surface area contributed by atoms with Gasteiger partial charge in [0.2, 0.25) is 11.9 Å². The van der Waals surface area contributed by atoms with E-state index in [2.05, 4.69) is 44.0 Å². The predicted molar refractivity (Wildman–Crippen MR) is 84.1 cm³/mol. The Morgan fingerprint density at radius 3 is 2.62 bits per heavy atom. The van der Waals surface area contributed by atoms with Gasteiger partial charge in [-0.25, -0.2) is 0 Å². The molecule has 1 saturated heterocycles. The molecule has 1 aromatic rings. The lowest BCUT2D eigenvalue weighted by Gasteiger charge is -2.35. The zero-order valence-electron chi connectivity index (χ0n) is 13.5. The van der Waals surface area contributed by atoms with E-state index in [4.69, 9.17) is 4.74 Å². The molecule has 0 unspecified atom stereocenters. The fraction of sp³-hybridized carbons (Fsp3) is 0.786. The quantitative estimate of drug-likeness (QED) is 0.846. The van der Waals surface area contributed by atoms with Crippen LogP contribution in [0.1, 0.15) is 26.2 Å². The van der Waals surface area contributed by atoms with Crippen LogP contribution in [0.25, 0.3) is 0 Å². The second-order valence-electron chi connectivity index (χ2n) is 5.52. The third-order valence-electron chi connectivity index (χ3n) is 3.87.